The first kappa shape index (κ1) is 12.3. The molecule has 0 aromatic heterocycles. The van der Waals surface area contributed by atoms with E-state index in [0.29, 0.717) is 11.9 Å². The molecule has 0 spiro atoms. The number of alkyl halides is 1. The van der Waals surface area contributed by atoms with E-state index >= 15 is 0 Å². The maximum atomic E-state index is 6.06. The van der Waals surface area contributed by atoms with Crippen LogP contribution in [0.1, 0.15) is 39.0 Å². The lowest BCUT2D eigenvalue weighted by molar-refractivity contribution is 0.0462. The summed E-state index contributed by atoms with van der Waals surface area (Å²) in [5, 5.41) is 0.412. The number of halogens is 1. The first-order valence-corrected chi connectivity index (χ1v) is 6.15. The van der Waals surface area contributed by atoms with Gasteiger partial charge in [-0.2, -0.15) is 0 Å². The van der Waals surface area contributed by atoms with Crippen LogP contribution in [0.25, 0.3) is 0 Å². The average molecular weight is 220 g/mol. The van der Waals surface area contributed by atoms with E-state index in [-0.39, 0.29) is 6.10 Å². The molecule has 2 nitrogen and oxygen atoms in total. The van der Waals surface area contributed by atoms with Gasteiger partial charge in [-0.3, -0.25) is 0 Å². The summed E-state index contributed by atoms with van der Waals surface area (Å²) in [5.74, 6) is 0.782. The lowest BCUT2D eigenvalue weighted by Gasteiger charge is -2.27. The van der Waals surface area contributed by atoms with Crippen molar-refractivity contribution in [2.45, 2.75) is 50.5 Å². The molecule has 1 rings (SSSR count). The predicted octanol–water partition coefficient (Wildman–Crippen LogP) is 2.54. The molecule has 0 aromatic rings. The van der Waals surface area contributed by atoms with Crippen LogP contribution in [0.15, 0.2) is 0 Å². The molecule has 0 amide bonds. The van der Waals surface area contributed by atoms with Crippen LogP contribution in [0.4, 0.5) is 0 Å². The van der Waals surface area contributed by atoms with E-state index in [9.17, 15) is 0 Å². The predicted molar refractivity (Wildman–Crippen MR) is 60.7 cm³/mol. The molecule has 0 saturated heterocycles. The second-order valence-corrected chi connectivity index (χ2v) is 4.78. The van der Waals surface area contributed by atoms with Gasteiger partial charge in [-0.15, -0.1) is 11.6 Å². The third kappa shape index (κ3) is 4.16. The molecule has 1 fully saturated rings. The Balaban J connectivity index is 2.21. The van der Waals surface area contributed by atoms with Crippen LogP contribution in [-0.4, -0.2) is 24.6 Å². The fourth-order valence-electron chi connectivity index (χ4n) is 2.20. The summed E-state index contributed by atoms with van der Waals surface area (Å²) in [7, 11) is 0. The van der Waals surface area contributed by atoms with E-state index < -0.39 is 0 Å². The normalized spacial score (nSPS) is 30.2. The minimum absolute atomic E-state index is 0.261. The molecule has 1 aliphatic carbocycles. The minimum atomic E-state index is 0.261. The SMILES string of the molecule is CCOC(CN)CC1CCC(Cl)CC1. The van der Waals surface area contributed by atoms with E-state index in [1.54, 1.807) is 0 Å². The van der Waals surface area contributed by atoms with Crippen LogP contribution in [-0.2, 0) is 4.74 Å². The van der Waals surface area contributed by atoms with Crippen molar-refractivity contribution in [3.8, 4) is 0 Å². The molecule has 0 bridgehead atoms. The average Bonchev–Trinajstić information content (AvgIpc) is 2.20. The van der Waals surface area contributed by atoms with Gasteiger partial charge >= 0.3 is 0 Å². The second-order valence-electron chi connectivity index (χ2n) is 4.17. The zero-order chi connectivity index (χ0) is 10.4. The Bertz CT molecular complexity index is 146. The zero-order valence-corrected chi connectivity index (χ0v) is 9.80. The number of nitrogens with two attached hydrogens (primary N) is 1. The number of hydrogen-bond donors (Lipinski definition) is 1. The van der Waals surface area contributed by atoms with Crippen LogP contribution in [0, 0.1) is 5.92 Å². The Morgan fingerprint density at radius 2 is 2.00 bits per heavy atom. The Labute approximate surface area is 92.1 Å². The van der Waals surface area contributed by atoms with Gasteiger partial charge in [-0.1, -0.05) is 0 Å². The maximum absolute atomic E-state index is 6.06. The monoisotopic (exact) mass is 219 g/mol. The van der Waals surface area contributed by atoms with Gasteiger partial charge < -0.3 is 10.5 Å². The second kappa shape index (κ2) is 6.65. The van der Waals surface area contributed by atoms with Gasteiger partial charge in [0, 0.05) is 18.5 Å². The Hall–Kier alpha value is 0.210. The highest BCUT2D eigenvalue weighted by atomic mass is 35.5. The van der Waals surface area contributed by atoms with E-state index in [4.69, 9.17) is 22.1 Å². The van der Waals surface area contributed by atoms with E-state index in [1.807, 2.05) is 6.92 Å². The van der Waals surface area contributed by atoms with Crippen molar-refractivity contribution < 1.29 is 4.74 Å². The lowest BCUT2D eigenvalue weighted by Crippen LogP contribution is -2.28. The fraction of sp³-hybridized carbons (Fsp3) is 1.00. The molecular weight excluding hydrogens is 198 g/mol. The third-order valence-electron chi connectivity index (χ3n) is 3.04. The molecule has 1 unspecified atom stereocenters. The maximum Gasteiger partial charge on any atom is 0.0699 e. The summed E-state index contributed by atoms with van der Waals surface area (Å²) in [6.07, 6.45) is 6.20. The van der Waals surface area contributed by atoms with E-state index in [1.165, 1.54) is 12.8 Å². The smallest absolute Gasteiger partial charge is 0.0699 e. The molecule has 0 heterocycles. The largest absolute Gasteiger partial charge is 0.377 e. The molecule has 14 heavy (non-hydrogen) atoms. The summed E-state index contributed by atoms with van der Waals surface area (Å²) in [6.45, 7) is 3.44. The molecule has 0 aliphatic heterocycles. The Kier molecular flexibility index (Phi) is 5.83. The first-order chi connectivity index (χ1) is 6.76. The van der Waals surface area contributed by atoms with Gasteiger partial charge in [0.05, 0.1) is 6.10 Å². The fourth-order valence-corrected chi connectivity index (χ4v) is 2.45. The first-order valence-electron chi connectivity index (χ1n) is 5.72. The van der Waals surface area contributed by atoms with Crippen LogP contribution in [0.3, 0.4) is 0 Å². The van der Waals surface area contributed by atoms with Gasteiger partial charge in [0.1, 0.15) is 0 Å². The topological polar surface area (TPSA) is 35.2 Å². The summed E-state index contributed by atoms with van der Waals surface area (Å²) >= 11 is 6.06. The highest BCUT2D eigenvalue weighted by Crippen LogP contribution is 2.30. The Morgan fingerprint density at radius 3 is 2.50 bits per heavy atom. The van der Waals surface area contributed by atoms with Crippen molar-refractivity contribution in [3.63, 3.8) is 0 Å². The van der Waals surface area contributed by atoms with Gasteiger partial charge in [0.2, 0.25) is 0 Å². The summed E-state index contributed by atoms with van der Waals surface area (Å²) in [6, 6.07) is 0. The Morgan fingerprint density at radius 1 is 1.36 bits per heavy atom. The molecule has 84 valence electrons. The van der Waals surface area contributed by atoms with E-state index in [0.717, 1.165) is 31.8 Å². The summed E-state index contributed by atoms with van der Waals surface area (Å²) in [4.78, 5) is 0. The van der Waals surface area contributed by atoms with Crippen LogP contribution in [0.2, 0.25) is 0 Å². The molecule has 2 N–H and O–H groups in total. The third-order valence-corrected chi connectivity index (χ3v) is 3.47. The van der Waals surface area contributed by atoms with Crippen molar-refractivity contribution >= 4 is 11.6 Å². The number of rotatable bonds is 5. The van der Waals surface area contributed by atoms with Gasteiger partial charge in [0.25, 0.3) is 0 Å². The van der Waals surface area contributed by atoms with Crippen molar-refractivity contribution in [1.29, 1.82) is 0 Å². The van der Waals surface area contributed by atoms with Gasteiger partial charge in [-0.25, -0.2) is 0 Å². The highest BCUT2D eigenvalue weighted by Gasteiger charge is 2.22. The molecule has 0 radical (unpaired) electrons. The number of hydrogen-bond acceptors (Lipinski definition) is 2. The number of ether oxygens (including phenoxy) is 1. The zero-order valence-electron chi connectivity index (χ0n) is 9.05. The molecule has 3 heteroatoms. The van der Waals surface area contributed by atoms with Crippen molar-refractivity contribution in [2.24, 2.45) is 11.7 Å². The van der Waals surface area contributed by atoms with Gasteiger partial charge in [-0.05, 0) is 44.9 Å². The molecule has 0 aromatic carbocycles. The van der Waals surface area contributed by atoms with Crippen molar-refractivity contribution in [3.05, 3.63) is 0 Å². The summed E-state index contributed by atoms with van der Waals surface area (Å²) in [5.41, 5.74) is 5.65. The van der Waals surface area contributed by atoms with Crippen LogP contribution < -0.4 is 5.73 Å². The van der Waals surface area contributed by atoms with Crippen molar-refractivity contribution in [2.75, 3.05) is 13.2 Å². The lowest BCUT2D eigenvalue weighted by atomic mass is 9.85. The quantitative estimate of drug-likeness (QED) is 0.722. The molecule has 1 saturated carbocycles. The van der Waals surface area contributed by atoms with Crippen LogP contribution >= 0.6 is 11.6 Å². The highest BCUT2D eigenvalue weighted by molar-refractivity contribution is 6.20. The molecule has 1 atom stereocenters. The molecule has 1 aliphatic rings. The van der Waals surface area contributed by atoms with Gasteiger partial charge in [0.15, 0.2) is 0 Å². The van der Waals surface area contributed by atoms with Crippen molar-refractivity contribution in [1.82, 2.24) is 0 Å². The summed E-state index contributed by atoms with van der Waals surface area (Å²) < 4.78 is 5.56. The minimum Gasteiger partial charge on any atom is -0.377 e. The molecular formula is C11H22ClNO. The standard InChI is InChI=1S/C11H22ClNO/c1-2-14-11(8-13)7-9-3-5-10(12)6-4-9/h9-11H,2-8,13H2,1H3. The van der Waals surface area contributed by atoms with Crippen LogP contribution in [0.5, 0.6) is 0 Å². The van der Waals surface area contributed by atoms with E-state index in [2.05, 4.69) is 0 Å².